The third-order valence-corrected chi connectivity index (χ3v) is 6.17. The zero-order valence-electron chi connectivity index (χ0n) is 17.9. The Morgan fingerprint density at radius 3 is 2.17 bits per heavy atom. The van der Waals surface area contributed by atoms with E-state index in [-0.39, 0.29) is 5.97 Å². The van der Waals surface area contributed by atoms with Crippen LogP contribution in [0.2, 0.25) is 0 Å². The second-order valence-corrected chi connectivity index (χ2v) is 8.61. The van der Waals surface area contributed by atoms with Crippen LogP contribution in [0.25, 0.3) is 21.6 Å². The summed E-state index contributed by atoms with van der Waals surface area (Å²) >= 11 is 1.90. The first-order valence-corrected chi connectivity index (χ1v) is 11.7. The van der Waals surface area contributed by atoms with Crippen molar-refractivity contribution >= 4 is 17.3 Å². The summed E-state index contributed by atoms with van der Waals surface area (Å²) in [5.74, 6) is 0.237. The van der Waals surface area contributed by atoms with Gasteiger partial charge in [-0.3, -0.25) is 0 Å². The van der Waals surface area contributed by atoms with Gasteiger partial charge in [-0.1, -0.05) is 75.6 Å². The molecule has 0 amide bonds. The molecule has 3 heteroatoms. The van der Waals surface area contributed by atoms with Crippen LogP contribution >= 0.6 is 11.3 Å². The van der Waals surface area contributed by atoms with Crippen molar-refractivity contribution in [1.29, 1.82) is 0 Å². The molecule has 1 aromatic heterocycles. The van der Waals surface area contributed by atoms with E-state index < -0.39 is 0 Å². The Bertz CT molecular complexity index is 949. The van der Waals surface area contributed by atoms with E-state index in [9.17, 15) is 4.79 Å². The standard InChI is InChI=1S/C27H30O2S/c1-3-5-7-9-25-19-20-26(30-25)23-13-11-21(12-14-23)22-15-17-24(18-16-22)29-27(28)10-8-6-4-2/h8,10-20H,3-7,9H2,1-2H3. The highest BCUT2D eigenvalue weighted by atomic mass is 32.1. The lowest BCUT2D eigenvalue weighted by Crippen LogP contribution is -2.03. The van der Waals surface area contributed by atoms with Gasteiger partial charge in [0, 0.05) is 15.8 Å². The zero-order valence-corrected chi connectivity index (χ0v) is 18.7. The van der Waals surface area contributed by atoms with Gasteiger partial charge in [0.05, 0.1) is 0 Å². The molecule has 0 radical (unpaired) electrons. The number of unbranched alkanes of at least 4 members (excludes halogenated alkanes) is 3. The lowest BCUT2D eigenvalue weighted by molar-refractivity contribution is -0.129. The molecule has 30 heavy (non-hydrogen) atoms. The topological polar surface area (TPSA) is 26.3 Å². The molecule has 0 unspecified atom stereocenters. The van der Waals surface area contributed by atoms with Crippen molar-refractivity contribution in [1.82, 2.24) is 0 Å². The Morgan fingerprint density at radius 2 is 1.50 bits per heavy atom. The SMILES string of the molecule is CCCC=CC(=O)Oc1ccc(-c2ccc(-c3ccc(CCCCC)s3)cc2)cc1. The minimum atomic E-state index is -0.328. The van der Waals surface area contributed by atoms with Crippen LogP contribution in [-0.2, 0) is 11.2 Å². The summed E-state index contributed by atoms with van der Waals surface area (Å²) in [7, 11) is 0. The lowest BCUT2D eigenvalue weighted by atomic mass is 10.0. The molecule has 0 saturated carbocycles. The molecule has 0 N–H and O–H groups in total. The van der Waals surface area contributed by atoms with Crippen molar-refractivity contribution in [3.63, 3.8) is 0 Å². The Labute approximate surface area is 184 Å². The van der Waals surface area contributed by atoms with Crippen molar-refractivity contribution < 1.29 is 9.53 Å². The fraction of sp³-hybridized carbons (Fsp3) is 0.296. The maximum Gasteiger partial charge on any atom is 0.335 e. The number of aryl methyl sites for hydroxylation is 1. The first-order valence-electron chi connectivity index (χ1n) is 10.9. The molecule has 0 bridgehead atoms. The summed E-state index contributed by atoms with van der Waals surface area (Å²) in [6, 6.07) is 20.8. The number of esters is 1. The van der Waals surface area contributed by atoms with Gasteiger partial charge >= 0.3 is 5.97 Å². The minimum Gasteiger partial charge on any atom is -0.423 e. The van der Waals surface area contributed by atoms with Crippen LogP contribution in [0.15, 0.2) is 72.8 Å². The van der Waals surface area contributed by atoms with Crippen LogP contribution in [-0.4, -0.2) is 5.97 Å². The molecule has 1 heterocycles. The molecule has 2 nitrogen and oxygen atoms in total. The van der Waals surface area contributed by atoms with Crippen LogP contribution in [0, 0.1) is 0 Å². The summed E-state index contributed by atoms with van der Waals surface area (Å²) in [5.41, 5.74) is 3.52. The van der Waals surface area contributed by atoms with Gasteiger partial charge < -0.3 is 4.74 Å². The molecule has 0 fully saturated rings. The second-order valence-electron chi connectivity index (χ2n) is 7.44. The lowest BCUT2D eigenvalue weighted by Gasteiger charge is -2.06. The number of benzene rings is 2. The molecule has 0 atom stereocenters. The maximum absolute atomic E-state index is 11.8. The normalized spacial score (nSPS) is 11.1. The van der Waals surface area contributed by atoms with Crippen LogP contribution in [0.1, 0.15) is 50.8 Å². The first-order chi connectivity index (χ1) is 14.7. The number of carbonyl (C=O) groups excluding carboxylic acids is 1. The highest BCUT2D eigenvalue weighted by Gasteiger charge is 2.05. The van der Waals surface area contributed by atoms with Crippen molar-refractivity contribution in [2.75, 3.05) is 0 Å². The van der Waals surface area contributed by atoms with E-state index >= 15 is 0 Å². The number of hydrogen-bond acceptors (Lipinski definition) is 3. The largest absolute Gasteiger partial charge is 0.423 e. The van der Waals surface area contributed by atoms with E-state index in [4.69, 9.17) is 4.74 Å². The number of carbonyl (C=O) groups is 1. The monoisotopic (exact) mass is 418 g/mol. The quantitative estimate of drug-likeness (QED) is 0.144. The van der Waals surface area contributed by atoms with Gasteiger partial charge in [0.25, 0.3) is 0 Å². The first kappa shape index (κ1) is 22.0. The van der Waals surface area contributed by atoms with Crippen LogP contribution < -0.4 is 4.74 Å². The third kappa shape index (κ3) is 6.43. The van der Waals surface area contributed by atoms with Gasteiger partial charge in [-0.2, -0.15) is 0 Å². The van der Waals surface area contributed by atoms with Gasteiger partial charge in [-0.05, 0) is 60.2 Å². The third-order valence-electron chi connectivity index (χ3n) is 4.97. The molecule has 3 rings (SSSR count). The highest BCUT2D eigenvalue weighted by Crippen LogP contribution is 2.31. The van der Waals surface area contributed by atoms with E-state index in [0.717, 1.165) is 24.0 Å². The van der Waals surface area contributed by atoms with E-state index in [0.29, 0.717) is 5.75 Å². The van der Waals surface area contributed by atoms with Crippen molar-refractivity contribution in [2.24, 2.45) is 0 Å². The predicted octanol–water partition coefficient (Wildman–Crippen LogP) is 8.08. The predicted molar refractivity (Wildman–Crippen MR) is 128 cm³/mol. The van der Waals surface area contributed by atoms with E-state index in [1.54, 1.807) is 0 Å². The summed E-state index contributed by atoms with van der Waals surface area (Å²) in [6.07, 6.45) is 10.3. The Morgan fingerprint density at radius 1 is 0.833 bits per heavy atom. The van der Waals surface area contributed by atoms with E-state index in [1.807, 2.05) is 41.7 Å². The van der Waals surface area contributed by atoms with Crippen LogP contribution in [0.4, 0.5) is 0 Å². The van der Waals surface area contributed by atoms with E-state index in [1.165, 1.54) is 47.1 Å². The van der Waals surface area contributed by atoms with E-state index in [2.05, 4.69) is 50.2 Å². The average Bonchev–Trinajstić information content (AvgIpc) is 3.24. The number of hydrogen-bond donors (Lipinski definition) is 0. The van der Waals surface area contributed by atoms with Gasteiger partial charge in [-0.15, -0.1) is 11.3 Å². The molecular weight excluding hydrogens is 388 g/mol. The molecule has 2 aromatic carbocycles. The molecule has 0 aliphatic rings. The van der Waals surface area contributed by atoms with Crippen molar-refractivity contribution in [3.05, 3.63) is 77.7 Å². The Balaban J connectivity index is 1.61. The number of thiophene rings is 1. The van der Waals surface area contributed by atoms with Crippen LogP contribution in [0.3, 0.4) is 0 Å². The Kier molecular flexibility index (Phi) is 8.46. The van der Waals surface area contributed by atoms with Crippen molar-refractivity contribution in [2.45, 2.75) is 52.4 Å². The highest BCUT2D eigenvalue weighted by molar-refractivity contribution is 7.15. The smallest absolute Gasteiger partial charge is 0.335 e. The fourth-order valence-corrected chi connectivity index (χ4v) is 4.31. The van der Waals surface area contributed by atoms with Gasteiger partial charge in [0.15, 0.2) is 0 Å². The number of rotatable bonds is 10. The number of ether oxygens (including phenoxy) is 1. The Hall–Kier alpha value is -2.65. The van der Waals surface area contributed by atoms with Crippen molar-refractivity contribution in [3.8, 4) is 27.3 Å². The second kappa shape index (κ2) is 11.5. The molecule has 156 valence electrons. The average molecular weight is 419 g/mol. The van der Waals surface area contributed by atoms with Gasteiger partial charge in [-0.25, -0.2) is 4.79 Å². The zero-order chi connectivity index (χ0) is 21.2. The summed E-state index contributed by atoms with van der Waals surface area (Å²) in [5, 5.41) is 0. The minimum absolute atomic E-state index is 0.328. The van der Waals surface area contributed by atoms with Gasteiger partial charge in [0.2, 0.25) is 0 Å². The van der Waals surface area contributed by atoms with Gasteiger partial charge in [0.1, 0.15) is 5.75 Å². The number of allylic oxidation sites excluding steroid dienone is 1. The molecular formula is C27H30O2S. The molecule has 0 aliphatic heterocycles. The fourth-order valence-electron chi connectivity index (χ4n) is 3.26. The summed E-state index contributed by atoms with van der Waals surface area (Å²) in [4.78, 5) is 14.6. The van der Waals surface area contributed by atoms with Crippen LogP contribution in [0.5, 0.6) is 5.75 Å². The molecule has 0 saturated heterocycles. The molecule has 0 spiro atoms. The maximum atomic E-state index is 11.8. The summed E-state index contributed by atoms with van der Waals surface area (Å²) in [6.45, 7) is 4.32. The molecule has 0 aliphatic carbocycles. The summed E-state index contributed by atoms with van der Waals surface area (Å²) < 4.78 is 5.34. The molecule has 3 aromatic rings.